The first-order valence-electron chi connectivity index (χ1n) is 4.39. The zero-order valence-electron chi connectivity index (χ0n) is 7.85. The largest absolute Gasteiger partial charge is 0.456 e. The molecule has 3 nitrogen and oxygen atoms in total. The molecule has 2 N–H and O–H groups in total. The Labute approximate surface area is 101 Å². The smallest absolute Gasteiger partial charge is 0.145 e. The Kier molecular flexibility index (Phi) is 3.05. The zero-order valence-corrected chi connectivity index (χ0v) is 10.0. The van der Waals surface area contributed by atoms with E-state index in [0.29, 0.717) is 11.6 Å². The highest BCUT2D eigenvalue weighted by Crippen LogP contribution is 2.22. The van der Waals surface area contributed by atoms with Gasteiger partial charge >= 0.3 is 0 Å². The van der Waals surface area contributed by atoms with E-state index in [-0.39, 0.29) is 0 Å². The molecular formula is C11H9IN2O. The molecule has 0 fully saturated rings. The minimum atomic E-state index is 0.491. The van der Waals surface area contributed by atoms with E-state index in [4.69, 9.17) is 10.5 Å². The van der Waals surface area contributed by atoms with Crippen molar-refractivity contribution in [3.8, 4) is 11.5 Å². The lowest BCUT2D eigenvalue weighted by molar-refractivity contribution is 0.480. The maximum Gasteiger partial charge on any atom is 0.145 e. The van der Waals surface area contributed by atoms with Crippen molar-refractivity contribution in [3.05, 3.63) is 46.2 Å². The molecule has 0 aliphatic heterocycles. The average Bonchev–Trinajstić information content (AvgIpc) is 2.22. The SMILES string of the molecule is Nc1ccc(Oc2cccc(I)c2)cn1. The van der Waals surface area contributed by atoms with Gasteiger partial charge in [0.15, 0.2) is 0 Å². The summed E-state index contributed by atoms with van der Waals surface area (Å²) in [5, 5.41) is 0. The summed E-state index contributed by atoms with van der Waals surface area (Å²) in [5.74, 6) is 1.98. The lowest BCUT2D eigenvalue weighted by atomic mass is 10.3. The van der Waals surface area contributed by atoms with Crippen LogP contribution in [0.15, 0.2) is 42.6 Å². The Hall–Kier alpha value is -1.30. The van der Waals surface area contributed by atoms with Gasteiger partial charge in [-0.2, -0.15) is 0 Å². The number of benzene rings is 1. The lowest BCUT2D eigenvalue weighted by Crippen LogP contribution is -1.90. The summed E-state index contributed by atoms with van der Waals surface area (Å²) in [5.41, 5.74) is 5.48. The van der Waals surface area contributed by atoms with Crippen molar-refractivity contribution in [2.24, 2.45) is 0 Å². The van der Waals surface area contributed by atoms with Crippen LogP contribution < -0.4 is 10.5 Å². The number of nitrogen functional groups attached to an aromatic ring is 1. The standard InChI is InChI=1S/C11H9IN2O/c12-8-2-1-3-9(6-8)15-10-4-5-11(13)14-7-10/h1-7H,(H2,13,14). The topological polar surface area (TPSA) is 48.1 Å². The Balaban J connectivity index is 2.18. The molecule has 0 aliphatic carbocycles. The molecule has 2 aromatic rings. The van der Waals surface area contributed by atoms with Crippen molar-refractivity contribution in [3.63, 3.8) is 0 Å². The quantitative estimate of drug-likeness (QED) is 0.867. The highest BCUT2D eigenvalue weighted by Gasteiger charge is 1.97. The number of hydrogen-bond donors (Lipinski definition) is 1. The molecule has 0 radical (unpaired) electrons. The van der Waals surface area contributed by atoms with E-state index in [9.17, 15) is 0 Å². The first kappa shape index (κ1) is 10.2. The van der Waals surface area contributed by atoms with Gasteiger partial charge in [0, 0.05) is 3.57 Å². The molecule has 0 unspecified atom stereocenters. The van der Waals surface area contributed by atoms with Gasteiger partial charge in [0.05, 0.1) is 6.20 Å². The van der Waals surface area contributed by atoms with Gasteiger partial charge in [-0.15, -0.1) is 0 Å². The Morgan fingerprint density at radius 1 is 1.13 bits per heavy atom. The van der Waals surface area contributed by atoms with E-state index in [1.165, 1.54) is 0 Å². The number of nitrogens with zero attached hydrogens (tertiary/aromatic N) is 1. The predicted octanol–water partition coefficient (Wildman–Crippen LogP) is 3.06. The van der Waals surface area contributed by atoms with Crippen LogP contribution in [0.3, 0.4) is 0 Å². The summed E-state index contributed by atoms with van der Waals surface area (Å²) >= 11 is 2.24. The van der Waals surface area contributed by atoms with Gasteiger partial charge in [-0.25, -0.2) is 4.98 Å². The van der Waals surface area contributed by atoms with Crippen molar-refractivity contribution in [1.82, 2.24) is 4.98 Å². The van der Waals surface area contributed by atoms with Gasteiger partial charge in [0.2, 0.25) is 0 Å². The minimum Gasteiger partial charge on any atom is -0.456 e. The molecule has 0 bridgehead atoms. The fraction of sp³-hybridized carbons (Fsp3) is 0. The molecule has 0 saturated carbocycles. The van der Waals surface area contributed by atoms with Crippen LogP contribution in [0.1, 0.15) is 0 Å². The van der Waals surface area contributed by atoms with Crippen LogP contribution in [-0.2, 0) is 0 Å². The number of halogens is 1. The van der Waals surface area contributed by atoms with Crippen LogP contribution in [0, 0.1) is 3.57 Å². The predicted molar refractivity (Wildman–Crippen MR) is 67.9 cm³/mol. The van der Waals surface area contributed by atoms with Crippen molar-refractivity contribution in [1.29, 1.82) is 0 Å². The molecule has 76 valence electrons. The monoisotopic (exact) mass is 312 g/mol. The third kappa shape index (κ3) is 2.82. The van der Waals surface area contributed by atoms with E-state index in [1.54, 1.807) is 18.3 Å². The molecule has 0 saturated heterocycles. The van der Waals surface area contributed by atoms with Crippen molar-refractivity contribution in [2.75, 3.05) is 5.73 Å². The molecule has 1 aromatic heterocycles. The molecule has 0 atom stereocenters. The number of hydrogen-bond acceptors (Lipinski definition) is 3. The molecular weight excluding hydrogens is 303 g/mol. The van der Waals surface area contributed by atoms with Gasteiger partial charge < -0.3 is 10.5 Å². The maximum absolute atomic E-state index is 5.59. The van der Waals surface area contributed by atoms with Gasteiger partial charge in [-0.3, -0.25) is 0 Å². The summed E-state index contributed by atoms with van der Waals surface area (Å²) in [7, 11) is 0. The number of rotatable bonds is 2. The van der Waals surface area contributed by atoms with Crippen LogP contribution in [0.5, 0.6) is 11.5 Å². The fourth-order valence-corrected chi connectivity index (χ4v) is 1.63. The molecule has 0 amide bonds. The molecule has 1 heterocycles. The molecule has 0 aliphatic rings. The lowest BCUT2D eigenvalue weighted by Gasteiger charge is -2.05. The fourth-order valence-electron chi connectivity index (χ4n) is 1.12. The van der Waals surface area contributed by atoms with E-state index in [2.05, 4.69) is 27.6 Å². The number of nitrogens with two attached hydrogens (primary N) is 1. The van der Waals surface area contributed by atoms with E-state index in [0.717, 1.165) is 9.32 Å². The van der Waals surface area contributed by atoms with Crippen LogP contribution in [0.2, 0.25) is 0 Å². The third-order valence-electron chi connectivity index (χ3n) is 1.79. The first-order valence-corrected chi connectivity index (χ1v) is 5.47. The average molecular weight is 312 g/mol. The molecule has 4 heteroatoms. The molecule has 1 aromatic carbocycles. The maximum atomic E-state index is 5.59. The number of pyridine rings is 1. The Morgan fingerprint density at radius 2 is 2.00 bits per heavy atom. The molecule has 15 heavy (non-hydrogen) atoms. The van der Waals surface area contributed by atoms with Crippen LogP contribution in [0.25, 0.3) is 0 Å². The van der Waals surface area contributed by atoms with Crippen molar-refractivity contribution < 1.29 is 4.74 Å². The van der Waals surface area contributed by atoms with E-state index in [1.807, 2.05) is 24.3 Å². The Morgan fingerprint density at radius 3 is 2.67 bits per heavy atom. The number of ether oxygens (including phenoxy) is 1. The summed E-state index contributed by atoms with van der Waals surface area (Å²) in [4.78, 5) is 3.95. The number of anilines is 1. The normalized spacial score (nSPS) is 9.93. The van der Waals surface area contributed by atoms with Crippen LogP contribution >= 0.6 is 22.6 Å². The van der Waals surface area contributed by atoms with Crippen molar-refractivity contribution >= 4 is 28.4 Å². The second kappa shape index (κ2) is 4.48. The van der Waals surface area contributed by atoms with Crippen LogP contribution in [0.4, 0.5) is 5.82 Å². The summed E-state index contributed by atoms with van der Waals surface area (Å²) in [6, 6.07) is 11.3. The second-order valence-corrected chi connectivity index (χ2v) is 4.22. The Bertz CT molecular complexity index is 456. The van der Waals surface area contributed by atoms with Gasteiger partial charge in [0.1, 0.15) is 17.3 Å². The van der Waals surface area contributed by atoms with Crippen LogP contribution in [-0.4, -0.2) is 4.98 Å². The van der Waals surface area contributed by atoms with Gasteiger partial charge in [-0.05, 0) is 52.9 Å². The van der Waals surface area contributed by atoms with Crippen molar-refractivity contribution in [2.45, 2.75) is 0 Å². The third-order valence-corrected chi connectivity index (χ3v) is 2.46. The summed E-state index contributed by atoms with van der Waals surface area (Å²) in [6.07, 6.45) is 1.61. The number of aromatic nitrogens is 1. The highest BCUT2D eigenvalue weighted by molar-refractivity contribution is 14.1. The van der Waals surface area contributed by atoms with E-state index >= 15 is 0 Å². The summed E-state index contributed by atoms with van der Waals surface area (Å²) < 4.78 is 6.72. The molecule has 2 rings (SSSR count). The minimum absolute atomic E-state index is 0.491. The van der Waals surface area contributed by atoms with E-state index < -0.39 is 0 Å². The molecule has 0 spiro atoms. The second-order valence-electron chi connectivity index (χ2n) is 2.98. The van der Waals surface area contributed by atoms with Gasteiger partial charge in [-0.1, -0.05) is 6.07 Å². The zero-order chi connectivity index (χ0) is 10.7. The first-order chi connectivity index (χ1) is 7.24. The summed E-state index contributed by atoms with van der Waals surface area (Å²) in [6.45, 7) is 0. The highest BCUT2D eigenvalue weighted by atomic mass is 127. The van der Waals surface area contributed by atoms with Gasteiger partial charge in [0.25, 0.3) is 0 Å².